The number of sulfonamides is 1. The Bertz CT molecular complexity index is 1610. The van der Waals surface area contributed by atoms with Crippen molar-refractivity contribution in [2.24, 2.45) is 5.92 Å². The van der Waals surface area contributed by atoms with Crippen LogP contribution in [0.3, 0.4) is 0 Å². The lowest BCUT2D eigenvalue weighted by molar-refractivity contribution is -0.140. The molecule has 3 aromatic carbocycles. The number of halogens is 6. The summed E-state index contributed by atoms with van der Waals surface area (Å²) in [6.07, 6.45) is -4.79. The molecule has 45 heavy (non-hydrogen) atoms. The summed E-state index contributed by atoms with van der Waals surface area (Å²) in [6, 6.07) is 11.8. The van der Waals surface area contributed by atoms with E-state index in [4.69, 9.17) is 34.8 Å². The number of nitrogens with zero attached hydrogens (tertiary/aromatic N) is 2. The molecule has 0 heterocycles. The van der Waals surface area contributed by atoms with Gasteiger partial charge in [0.25, 0.3) is 10.0 Å². The Morgan fingerprint density at radius 2 is 1.53 bits per heavy atom. The van der Waals surface area contributed by atoms with E-state index in [0.717, 1.165) is 22.6 Å². The number of hydrogen-bond donors (Lipinski definition) is 1. The molecule has 0 aliphatic carbocycles. The smallest absolute Gasteiger partial charge is 0.354 e. The van der Waals surface area contributed by atoms with Gasteiger partial charge in [-0.2, -0.15) is 13.2 Å². The first-order valence-corrected chi connectivity index (χ1v) is 16.5. The third-order valence-electron chi connectivity index (χ3n) is 6.89. The zero-order valence-electron chi connectivity index (χ0n) is 25.0. The van der Waals surface area contributed by atoms with Gasteiger partial charge in [0.1, 0.15) is 12.6 Å². The van der Waals surface area contributed by atoms with E-state index in [9.17, 15) is 31.2 Å². The first-order chi connectivity index (χ1) is 21.0. The maximum Gasteiger partial charge on any atom is 0.417 e. The molecular weight excluding hydrogens is 674 g/mol. The SMILES string of the molecule is CC[C@@H](C(=O)NCC(C)C)N(Cc1c(Cl)cccc1Cl)C(=O)CN(c1ccc(Cl)c(C(F)(F)F)c1)S(=O)(=O)c1ccc(C)cc1. The van der Waals surface area contributed by atoms with E-state index in [1.165, 1.54) is 24.3 Å². The summed E-state index contributed by atoms with van der Waals surface area (Å²) in [5.74, 6) is -1.28. The summed E-state index contributed by atoms with van der Waals surface area (Å²) in [4.78, 5) is 28.4. The number of alkyl halides is 3. The lowest BCUT2D eigenvalue weighted by atomic mass is 10.1. The summed E-state index contributed by atoms with van der Waals surface area (Å²) in [7, 11) is -4.62. The van der Waals surface area contributed by atoms with Crippen molar-refractivity contribution in [1.29, 1.82) is 0 Å². The molecule has 0 saturated heterocycles. The standard InChI is InChI=1S/C31H33Cl3F3N3O4S/c1-5-28(30(42)38-16-19(2)3)39(17-23-25(32)7-6-8-26(23)33)29(41)18-40(45(43,44)22-12-9-20(4)10-13-22)21-11-14-27(34)24(15-21)31(35,36)37/h6-15,19,28H,5,16-18H2,1-4H3,(H,38,42)/t28-/m0/s1. The highest BCUT2D eigenvalue weighted by Crippen LogP contribution is 2.38. The van der Waals surface area contributed by atoms with Crippen LogP contribution in [0.25, 0.3) is 0 Å². The number of hydrogen-bond acceptors (Lipinski definition) is 4. The lowest BCUT2D eigenvalue weighted by Crippen LogP contribution is -2.52. The Morgan fingerprint density at radius 3 is 2.07 bits per heavy atom. The zero-order chi connectivity index (χ0) is 33.7. The fourth-order valence-corrected chi connectivity index (χ4v) is 6.60. The van der Waals surface area contributed by atoms with Gasteiger partial charge in [-0.15, -0.1) is 0 Å². The third kappa shape index (κ3) is 9.06. The average Bonchev–Trinajstić information content (AvgIpc) is 2.96. The number of rotatable bonds is 12. The molecule has 3 aromatic rings. The molecule has 0 aliphatic heterocycles. The van der Waals surface area contributed by atoms with Gasteiger partial charge in [0.2, 0.25) is 11.8 Å². The predicted octanol–water partition coefficient (Wildman–Crippen LogP) is 7.75. The molecule has 0 bridgehead atoms. The molecule has 14 heteroatoms. The molecule has 0 aromatic heterocycles. The van der Waals surface area contributed by atoms with Crippen LogP contribution in [0.1, 0.15) is 43.9 Å². The highest BCUT2D eigenvalue weighted by molar-refractivity contribution is 7.92. The Labute approximate surface area is 276 Å². The summed E-state index contributed by atoms with van der Waals surface area (Å²) in [5, 5.41) is 2.55. The first kappa shape index (κ1) is 36.5. The van der Waals surface area contributed by atoms with Crippen molar-refractivity contribution in [3.63, 3.8) is 0 Å². The van der Waals surface area contributed by atoms with Crippen molar-refractivity contribution in [1.82, 2.24) is 10.2 Å². The minimum Gasteiger partial charge on any atom is -0.354 e. The molecule has 0 radical (unpaired) electrons. The van der Waals surface area contributed by atoms with Crippen molar-refractivity contribution >= 4 is 62.3 Å². The highest BCUT2D eigenvalue weighted by Gasteiger charge is 2.37. The molecule has 0 spiro atoms. The minimum absolute atomic E-state index is 0.0940. The molecule has 0 unspecified atom stereocenters. The van der Waals surface area contributed by atoms with Crippen LogP contribution in [-0.4, -0.2) is 44.3 Å². The number of carbonyl (C=O) groups excluding carboxylic acids is 2. The Morgan fingerprint density at radius 1 is 0.933 bits per heavy atom. The zero-order valence-corrected chi connectivity index (χ0v) is 28.0. The van der Waals surface area contributed by atoms with Gasteiger partial charge in [0.05, 0.1) is 21.2 Å². The molecular formula is C31H33Cl3F3N3O4S. The van der Waals surface area contributed by atoms with Crippen molar-refractivity contribution < 1.29 is 31.2 Å². The second-order valence-electron chi connectivity index (χ2n) is 10.8. The van der Waals surface area contributed by atoms with E-state index in [0.29, 0.717) is 22.5 Å². The number of carbonyl (C=O) groups is 2. The van der Waals surface area contributed by atoms with E-state index in [-0.39, 0.29) is 33.8 Å². The van der Waals surface area contributed by atoms with E-state index >= 15 is 0 Å². The van der Waals surface area contributed by atoms with Crippen LogP contribution < -0.4 is 9.62 Å². The Kier molecular flexibility index (Phi) is 12.2. The fourth-order valence-electron chi connectivity index (χ4n) is 4.45. The van der Waals surface area contributed by atoms with E-state index < -0.39 is 56.9 Å². The van der Waals surface area contributed by atoms with Gasteiger partial charge in [-0.1, -0.05) is 79.3 Å². The molecule has 1 N–H and O–H groups in total. The van der Waals surface area contributed by atoms with Gasteiger partial charge in [0, 0.05) is 28.7 Å². The van der Waals surface area contributed by atoms with Crippen LogP contribution in [0, 0.1) is 12.8 Å². The van der Waals surface area contributed by atoms with Crippen molar-refractivity contribution in [3.05, 3.63) is 92.4 Å². The minimum atomic E-state index is -4.91. The number of benzene rings is 3. The maximum absolute atomic E-state index is 14.2. The summed E-state index contributed by atoms with van der Waals surface area (Å²) in [5.41, 5.74) is -0.683. The van der Waals surface area contributed by atoms with Gasteiger partial charge in [-0.05, 0) is 61.7 Å². The van der Waals surface area contributed by atoms with Crippen LogP contribution >= 0.6 is 34.8 Å². The normalized spacial score (nSPS) is 12.6. The Balaban J connectivity index is 2.18. The van der Waals surface area contributed by atoms with Gasteiger partial charge >= 0.3 is 6.18 Å². The molecule has 2 amide bonds. The largest absolute Gasteiger partial charge is 0.417 e. The number of amides is 2. The van der Waals surface area contributed by atoms with E-state index in [1.807, 2.05) is 13.8 Å². The van der Waals surface area contributed by atoms with Crippen LogP contribution in [0.5, 0.6) is 0 Å². The van der Waals surface area contributed by atoms with Gasteiger partial charge in [-0.3, -0.25) is 13.9 Å². The van der Waals surface area contributed by atoms with Crippen molar-refractivity contribution in [2.75, 3.05) is 17.4 Å². The molecule has 0 aliphatic rings. The quantitative estimate of drug-likeness (QED) is 0.209. The fraction of sp³-hybridized carbons (Fsp3) is 0.355. The maximum atomic E-state index is 14.2. The molecule has 0 fully saturated rings. The number of nitrogens with one attached hydrogen (secondary N) is 1. The van der Waals surface area contributed by atoms with Crippen molar-refractivity contribution in [2.45, 2.75) is 57.8 Å². The second-order valence-corrected chi connectivity index (χ2v) is 13.9. The van der Waals surface area contributed by atoms with Crippen LogP contribution in [0.2, 0.25) is 15.1 Å². The highest BCUT2D eigenvalue weighted by atomic mass is 35.5. The molecule has 3 rings (SSSR count). The molecule has 244 valence electrons. The summed E-state index contributed by atoms with van der Waals surface area (Å²) in [6.45, 7) is 6.26. The van der Waals surface area contributed by atoms with E-state index in [1.54, 1.807) is 32.0 Å². The lowest BCUT2D eigenvalue weighted by Gasteiger charge is -2.34. The average molecular weight is 707 g/mol. The van der Waals surface area contributed by atoms with Crippen LogP contribution in [0.4, 0.5) is 18.9 Å². The van der Waals surface area contributed by atoms with Crippen LogP contribution in [0.15, 0.2) is 65.6 Å². The third-order valence-corrected chi connectivity index (χ3v) is 9.72. The number of anilines is 1. The molecule has 1 atom stereocenters. The summed E-state index contributed by atoms with van der Waals surface area (Å²) < 4.78 is 70.1. The molecule has 7 nitrogen and oxygen atoms in total. The van der Waals surface area contributed by atoms with Crippen LogP contribution in [-0.2, 0) is 32.3 Å². The second kappa shape index (κ2) is 15.1. The monoisotopic (exact) mass is 705 g/mol. The van der Waals surface area contributed by atoms with Gasteiger partial charge in [-0.25, -0.2) is 8.42 Å². The predicted molar refractivity (Wildman–Crippen MR) is 171 cm³/mol. The first-order valence-electron chi connectivity index (χ1n) is 13.9. The van der Waals surface area contributed by atoms with Gasteiger partial charge < -0.3 is 10.2 Å². The summed E-state index contributed by atoms with van der Waals surface area (Å²) >= 11 is 18.6. The van der Waals surface area contributed by atoms with Gasteiger partial charge in [0.15, 0.2) is 0 Å². The number of aryl methyl sites for hydroxylation is 1. The van der Waals surface area contributed by atoms with E-state index in [2.05, 4.69) is 5.32 Å². The molecule has 0 saturated carbocycles. The topological polar surface area (TPSA) is 86.8 Å². The van der Waals surface area contributed by atoms with Crippen molar-refractivity contribution in [3.8, 4) is 0 Å². The Hall–Kier alpha value is -2.99.